The molecule has 3 rings (SSSR count). The van der Waals surface area contributed by atoms with Crippen LogP contribution in [-0.2, 0) is 13.0 Å². The summed E-state index contributed by atoms with van der Waals surface area (Å²) in [6.45, 7) is 7.01. The van der Waals surface area contributed by atoms with Crippen LogP contribution >= 0.6 is 27.7 Å². The molecule has 1 aromatic carbocycles. The summed E-state index contributed by atoms with van der Waals surface area (Å²) in [7, 11) is 0. The smallest absolute Gasteiger partial charge is 0.157 e. The minimum Gasteiger partial charge on any atom is -0.493 e. The van der Waals surface area contributed by atoms with Crippen molar-refractivity contribution in [1.82, 2.24) is 5.32 Å². The molecule has 0 bridgehead atoms. The van der Waals surface area contributed by atoms with Gasteiger partial charge in [-0.15, -0.1) is 0 Å². The molecule has 0 spiro atoms. The van der Waals surface area contributed by atoms with Crippen LogP contribution in [0.15, 0.2) is 21.6 Å². The van der Waals surface area contributed by atoms with E-state index in [0.29, 0.717) is 11.2 Å². The number of nitrogens with zero attached hydrogens (tertiary/aromatic N) is 1. The van der Waals surface area contributed by atoms with Gasteiger partial charge in [-0.25, -0.2) is 0 Å². The Labute approximate surface area is 132 Å². The number of halogens is 1. The van der Waals surface area contributed by atoms with Gasteiger partial charge in [-0.3, -0.25) is 4.99 Å². The number of hydrogen-bond donors (Lipinski definition) is 1. The summed E-state index contributed by atoms with van der Waals surface area (Å²) >= 11 is 5.44. The van der Waals surface area contributed by atoms with Crippen LogP contribution in [0, 0.1) is 5.92 Å². The Kier molecular flexibility index (Phi) is 4.26. The van der Waals surface area contributed by atoms with Crippen molar-refractivity contribution in [3.63, 3.8) is 0 Å². The summed E-state index contributed by atoms with van der Waals surface area (Å²) in [5, 5.41) is 5.13. The Balaban J connectivity index is 1.65. The molecular weight excluding hydrogens is 336 g/mol. The van der Waals surface area contributed by atoms with E-state index in [1.54, 1.807) is 0 Å². The Morgan fingerprint density at radius 1 is 1.50 bits per heavy atom. The van der Waals surface area contributed by atoms with Crippen LogP contribution in [0.25, 0.3) is 0 Å². The molecule has 0 amide bonds. The van der Waals surface area contributed by atoms with Crippen LogP contribution < -0.4 is 10.1 Å². The predicted molar refractivity (Wildman–Crippen MR) is 88.7 cm³/mol. The Morgan fingerprint density at radius 3 is 3.10 bits per heavy atom. The van der Waals surface area contributed by atoms with Gasteiger partial charge >= 0.3 is 0 Å². The number of fused-ring (bicyclic) bond motifs is 1. The number of thioether (sulfide) groups is 1. The van der Waals surface area contributed by atoms with E-state index in [1.807, 2.05) is 11.8 Å². The van der Waals surface area contributed by atoms with E-state index in [0.717, 1.165) is 41.5 Å². The Hall–Kier alpha value is -0.680. The minimum absolute atomic E-state index is 0.613. The zero-order valence-corrected chi connectivity index (χ0v) is 14.2. The van der Waals surface area contributed by atoms with Gasteiger partial charge in [0.1, 0.15) is 5.75 Å². The molecule has 108 valence electrons. The number of hydrogen-bond acceptors (Lipinski definition) is 4. The maximum Gasteiger partial charge on any atom is 0.157 e. The van der Waals surface area contributed by atoms with Crippen LogP contribution in [0.3, 0.4) is 0 Å². The molecule has 0 aliphatic carbocycles. The molecule has 20 heavy (non-hydrogen) atoms. The molecule has 1 atom stereocenters. The molecule has 0 fully saturated rings. The molecule has 2 heterocycles. The monoisotopic (exact) mass is 354 g/mol. The van der Waals surface area contributed by atoms with Gasteiger partial charge in [0.25, 0.3) is 0 Å². The van der Waals surface area contributed by atoms with Gasteiger partial charge in [0.2, 0.25) is 0 Å². The first-order valence-corrected chi connectivity index (χ1v) is 8.70. The molecule has 0 aromatic heterocycles. The van der Waals surface area contributed by atoms with E-state index in [9.17, 15) is 0 Å². The summed E-state index contributed by atoms with van der Waals surface area (Å²) in [6, 6.07) is 4.29. The highest BCUT2D eigenvalue weighted by atomic mass is 79.9. The topological polar surface area (TPSA) is 33.6 Å². The summed E-state index contributed by atoms with van der Waals surface area (Å²) in [5.74, 6) is 1.73. The van der Waals surface area contributed by atoms with Crippen LogP contribution in [0.1, 0.15) is 25.0 Å². The van der Waals surface area contributed by atoms with Crippen LogP contribution in [0.5, 0.6) is 5.75 Å². The minimum atomic E-state index is 0.613. The SMILES string of the molecule is CC(C)C1CN=C(NCc2cc(Br)cc3c2OCC3)S1. The normalized spacial score (nSPS) is 20.8. The standard InChI is InChI=1S/C15H19BrN2OS/c1-9(2)13-8-18-15(20-13)17-7-11-6-12(16)5-10-3-4-19-14(10)11/h5-6,9,13H,3-4,7-8H2,1-2H3,(H,17,18). The van der Waals surface area contributed by atoms with Crippen molar-refractivity contribution in [2.24, 2.45) is 10.9 Å². The summed E-state index contributed by atoms with van der Waals surface area (Å²) < 4.78 is 6.88. The quantitative estimate of drug-likeness (QED) is 0.900. The second-order valence-electron chi connectivity index (χ2n) is 5.55. The molecule has 5 heteroatoms. The maximum absolute atomic E-state index is 5.75. The van der Waals surface area contributed by atoms with E-state index in [4.69, 9.17) is 4.74 Å². The predicted octanol–water partition coefficient (Wildman–Crippen LogP) is 3.60. The van der Waals surface area contributed by atoms with E-state index >= 15 is 0 Å². The largest absolute Gasteiger partial charge is 0.493 e. The number of nitrogens with one attached hydrogen (secondary N) is 1. The second-order valence-corrected chi connectivity index (χ2v) is 7.69. The molecule has 0 saturated carbocycles. The fourth-order valence-corrected chi connectivity index (χ4v) is 4.05. The summed E-state index contributed by atoms with van der Waals surface area (Å²) in [6.07, 6.45) is 1.01. The lowest BCUT2D eigenvalue weighted by molar-refractivity contribution is 0.353. The van der Waals surface area contributed by atoms with Gasteiger partial charge in [0.05, 0.1) is 13.2 Å². The molecule has 0 saturated heterocycles. The highest BCUT2D eigenvalue weighted by Crippen LogP contribution is 2.33. The van der Waals surface area contributed by atoms with E-state index in [-0.39, 0.29) is 0 Å². The highest BCUT2D eigenvalue weighted by Gasteiger charge is 2.23. The molecule has 1 unspecified atom stereocenters. The number of benzene rings is 1. The van der Waals surface area contributed by atoms with Gasteiger partial charge in [0, 0.05) is 28.3 Å². The van der Waals surface area contributed by atoms with Crippen molar-refractivity contribution >= 4 is 32.9 Å². The first-order valence-electron chi connectivity index (χ1n) is 7.02. The van der Waals surface area contributed by atoms with Gasteiger partial charge < -0.3 is 10.1 Å². The van der Waals surface area contributed by atoms with Gasteiger partial charge in [-0.1, -0.05) is 41.5 Å². The van der Waals surface area contributed by atoms with Gasteiger partial charge in [-0.2, -0.15) is 0 Å². The van der Waals surface area contributed by atoms with Crippen molar-refractivity contribution in [1.29, 1.82) is 0 Å². The average Bonchev–Trinajstić information content (AvgIpc) is 3.04. The van der Waals surface area contributed by atoms with Crippen molar-refractivity contribution in [3.8, 4) is 5.75 Å². The molecule has 2 aliphatic heterocycles. The van der Waals surface area contributed by atoms with Crippen LogP contribution in [0.4, 0.5) is 0 Å². The number of aliphatic imine (C=N–C) groups is 1. The first kappa shape index (κ1) is 14.3. The lowest BCUT2D eigenvalue weighted by atomic mass is 10.1. The Morgan fingerprint density at radius 2 is 2.35 bits per heavy atom. The lowest BCUT2D eigenvalue weighted by Crippen LogP contribution is -2.20. The third-order valence-corrected chi connectivity index (χ3v) is 5.63. The maximum atomic E-state index is 5.75. The molecule has 3 nitrogen and oxygen atoms in total. The van der Waals surface area contributed by atoms with Crippen molar-refractivity contribution in [2.75, 3.05) is 13.2 Å². The third-order valence-electron chi connectivity index (χ3n) is 3.68. The van der Waals surface area contributed by atoms with E-state index in [1.165, 1.54) is 11.1 Å². The fraction of sp³-hybridized carbons (Fsp3) is 0.533. The van der Waals surface area contributed by atoms with Crippen molar-refractivity contribution in [3.05, 3.63) is 27.7 Å². The summed E-state index contributed by atoms with van der Waals surface area (Å²) in [4.78, 5) is 4.59. The third kappa shape index (κ3) is 2.98. The van der Waals surface area contributed by atoms with Crippen LogP contribution in [0.2, 0.25) is 0 Å². The lowest BCUT2D eigenvalue weighted by Gasteiger charge is -2.13. The number of amidine groups is 1. The molecule has 1 aromatic rings. The van der Waals surface area contributed by atoms with Crippen molar-refractivity contribution in [2.45, 2.75) is 32.1 Å². The molecule has 0 radical (unpaired) electrons. The fourth-order valence-electron chi connectivity index (χ4n) is 2.48. The highest BCUT2D eigenvalue weighted by molar-refractivity contribution is 9.10. The van der Waals surface area contributed by atoms with Gasteiger partial charge in [-0.05, 0) is 23.6 Å². The Bertz CT molecular complexity index is 545. The zero-order valence-electron chi connectivity index (χ0n) is 11.8. The second kappa shape index (κ2) is 5.98. The molecule has 2 aliphatic rings. The van der Waals surface area contributed by atoms with E-state index in [2.05, 4.69) is 52.2 Å². The van der Waals surface area contributed by atoms with Gasteiger partial charge in [0.15, 0.2) is 5.17 Å². The molecular formula is C15H19BrN2OS. The number of rotatable bonds is 3. The zero-order chi connectivity index (χ0) is 14.1. The van der Waals surface area contributed by atoms with Crippen LogP contribution in [-0.4, -0.2) is 23.6 Å². The van der Waals surface area contributed by atoms with Crippen molar-refractivity contribution < 1.29 is 4.74 Å². The van der Waals surface area contributed by atoms with E-state index < -0.39 is 0 Å². The first-order chi connectivity index (χ1) is 9.63. The number of ether oxygens (including phenoxy) is 1. The average molecular weight is 355 g/mol. The molecule has 1 N–H and O–H groups in total. The summed E-state index contributed by atoms with van der Waals surface area (Å²) in [5.41, 5.74) is 2.51.